The van der Waals surface area contributed by atoms with Crippen LogP contribution in [0.5, 0.6) is 0 Å². The zero-order valence-corrected chi connectivity index (χ0v) is 11.9. The van der Waals surface area contributed by atoms with Crippen LogP contribution < -0.4 is 5.32 Å². The molecule has 1 aromatic rings. The Morgan fingerprint density at radius 3 is 2.79 bits per heavy atom. The van der Waals surface area contributed by atoms with Crippen LogP contribution in [0.4, 0.5) is 4.79 Å². The van der Waals surface area contributed by atoms with Crippen LogP contribution >= 0.6 is 11.8 Å². The van der Waals surface area contributed by atoms with Crippen molar-refractivity contribution in [3.05, 3.63) is 30.3 Å². The Hall–Kier alpha value is -1.16. The molecule has 0 aromatic heterocycles. The van der Waals surface area contributed by atoms with Gasteiger partial charge in [-0.3, -0.25) is 0 Å². The first kappa shape index (κ1) is 12.9. The van der Waals surface area contributed by atoms with E-state index in [0.29, 0.717) is 12.0 Å². The van der Waals surface area contributed by atoms with E-state index >= 15 is 0 Å². The second-order valence-corrected chi connectivity index (χ2v) is 6.54. The molecule has 3 rings (SSSR count). The second kappa shape index (κ2) is 5.87. The molecule has 1 aliphatic carbocycles. The number of rotatable bonds is 4. The molecule has 1 atom stereocenters. The van der Waals surface area contributed by atoms with Gasteiger partial charge in [-0.05, 0) is 37.3 Å². The number of carbonyl (C=O) groups excluding carboxylic acids is 1. The molecule has 0 radical (unpaired) electrons. The van der Waals surface area contributed by atoms with Crippen molar-refractivity contribution in [1.29, 1.82) is 0 Å². The lowest BCUT2D eigenvalue weighted by molar-refractivity contribution is 0.207. The topological polar surface area (TPSA) is 32.3 Å². The molecule has 1 aromatic carbocycles. The molecule has 1 saturated heterocycles. The summed E-state index contributed by atoms with van der Waals surface area (Å²) in [5.41, 5.74) is 0. The number of nitrogens with zero attached hydrogens (tertiary/aromatic N) is 1. The molecular weight excluding hydrogens is 256 g/mol. The fraction of sp³-hybridized carbons (Fsp3) is 0.533. The van der Waals surface area contributed by atoms with E-state index in [4.69, 9.17) is 0 Å². The predicted molar refractivity (Wildman–Crippen MR) is 78.4 cm³/mol. The standard InChI is InChI=1S/C15H20N2OS/c18-15(16-13-6-7-13)17-9-8-12(10-17)11-19-14-4-2-1-3-5-14/h1-5,12-13H,6-11H2,(H,16,18)/t12-/m1/s1. The van der Waals surface area contributed by atoms with Gasteiger partial charge in [-0.1, -0.05) is 18.2 Å². The fourth-order valence-corrected chi connectivity index (χ4v) is 3.43. The van der Waals surface area contributed by atoms with Gasteiger partial charge in [0.2, 0.25) is 0 Å². The molecule has 2 aliphatic rings. The molecule has 2 amide bonds. The number of carbonyl (C=O) groups is 1. The SMILES string of the molecule is O=C(NC1CC1)N1CC[C@@H](CSc2ccccc2)C1. The lowest BCUT2D eigenvalue weighted by Crippen LogP contribution is -2.39. The summed E-state index contributed by atoms with van der Waals surface area (Å²) in [7, 11) is 0. The average molecular weight is 276 g/mol. The summed E-state index contributed by atoms with van der Waals surface area (Å²) >= 11 is 1.90. The highest BCUT2D eigenvalue weighted by atomic mass is 32.2. The first-order chi connectivity index (χ1) is 9.31. The minimum atomic E-state index is 0.148. The van der Waals surface area contributed by atoms with Crippen LogP contribution in [0.1, 0.15) is 19.3 Å². The average Bonchev–Trinajstić information content (AvgIpc) is 3.12. The van der Waals surface area contributed by atoms with E-state index in [-0.39, 0.29) is 6.03 Å². The maximum Gasteiger partial charge on any atom is 0.317 e. The third-order valence-electron chi connectivity index (χ3n) is 3.71. The highest BCUT2D eigenvalue weighted by Gasteiger charge is 2.30. The molecule has 1 N–H and O–H groups in total. The molecule has 1 saturated carbocycles. The van der Waals surface area contributed by atoms with Crippen LogP contribution in [-0.2, 0) is 0 Å². The van der Waals surface area contributed by atoms with Crippen molar-refractivity contribution in [2.24, 2.45) is 5.92 Å². The van der Waals surface area contributed by atoms with Gasteiger partial charge in [-0.15, -0.1) is 11.8 Å². The summed E-state index contributed by atoms with van der Waals surface area (Å²) in [4.78, 5) is 15.2. The summed E-state index contributed by atoms with van der Waals surface area (Å²) in [5, 5.41) is 3.07. The normalized spacial score (nSPS) is 22.5. The van der Waals surface area contributed by atoms with Crippen molar-refractivity contribution in [1.82, 2.24) is 10.2 Å². The zero-order chi connectivity index (χ0) is 13.1. The number of hydrogen-bond acceptors (Lipinski definition) is 2. The Morgan fingerprint density at radius 2 is 2.05 bits per heavy atom. The van der Waals surface area contributed by atoms with E-state index in [1.54, 1.807) is 0 Å². The minimum Gasteiger partial charge on any atom is -0.335 e. The number of thioether (sulfide) groups is 1. The maximum atomic E-state index is 11.9. The third kappa shape index (κ3) is 3.66. The number of nitrogens with one attached hydrogen (secondary N) is 1. The largest absolute Gasteiger partial charge is 0.335 e. The number of benzene rings is 1. The molecule has 1 aliphatic heterocycles. The van der Waals surface area contributed by atoms with Gasteiger partial charge in [0, 0.05) is 29.8 Å². The Labute approximate surface area is 118 Å². The predicted octanol–water partition coefficient (Wildman–Crippen LogP) is 2.97. The summed E-state index contributed by atoms with van der Waals surface area (Å²) in [6.07, 6.45) is 3.46. The third-order valence-corrected chi connectivity index (χ3v) is 4.95. The van der Waals surface area contributed by atoms with E-state index in [1.165, 1.54) is 4.90 Å². The van der Waals surface area contributed by atoms with Gasteiger partial charge in [0.25, 0.3) is 0 Å². The van der Waals surface area contributed by atoms with Crippen molar-refractivity contribution in [2.45, 2.75) is 30.2 Å². The molecule has 19 heavy (non-hydrogen) atoms. The number of hydrogen-bond donors (Lipinski definition) is 1. The van der Waals surface area contributed by atoms with Crippen LogP contribution in [0.25, 0.3) is 0 Å². The maximum absolute atomic E-state index is 11.9. The molecule has 0 spiro atoms. The summed E-state index contributed by atoms with van der Waals surface area (Å²) in [6.45, 7) is 1.83. The quantitative estimate of drug-likeness (QED) is 0.858. The van der Waals surface area contributed by atoms with Crippen molar-refractivity contribution in [3.63, 3.8) is 0 Å². The van der Waals surface area contributed by atoms with Crippen molar-refractivity contribution >= 4 is 17.8 Å². The molecule has 102 valence electrons. The number of likely N-dealkylation sites (tertiary alicyclic amines) is 1. The molecule has 2 fully saturated rings. The van der Waals surface area contributed by atoms with E-state index in [2.05, 4.69) is 29.6 Å². The van der Waals surface area contributed by atoms with Gasteiger partial charge < -0.3 is 10.2 Å². The molecule has 0 unspecified atom stereocenters. The first-order valence-electron chi connectivity index (χ1n) is 7.04. The van der Waals surface area contributed by atoms with Crippen molar-refractivity contribution in [3.8, 4) is 0 Å². The summed E-state index contributed by atoms with van der Waals surface area (Å²) < 4.78 is 0. The van der Waals surface area contributed by atoms with Crippen molar-refractivity contribution in [2.75, 3.05) is 18.8 Å². The van der Waals surface area contributed by atoms with Crippen LogP contribution in [-0.4, -0.2) is 35.8 Å². The highest BCUT2D eigenvalue weighted by Crippen LogP contribution is 2.26. The van der Waals surface area contributed by atoms with Gasteiger partial charge in [0.05, 0.1) is 0 Å². The van der Waals surface area contributed by atoms with E-state index in [9.17, 15) is 4.79 Å². The van der Waals surface area contributed by atoms with E-state index in [1.807, 2.05) is 22.7 Å². The Balaban J connectivity index is 1.42. The minimum absolute atomic E-state index is 0.148. The lowest BCUT2D eigenvalue weighted by atomic mass is 10.2. The fourth-order valence-electron chi connectivity index (χ4n) is 2.38. The van der Waals surface area contributed by atoms with Crippen LogP contribution in [0.2, 0.25) is 0 Å². The smallest absolute Gasteiger partial charge is 0.317 e. The number of amides is 2. The zero-order valence-electron chi connectivity index (χ0n) is 11.0. The lowest BCUT2D eigenvalue weighted by Gasteiger charge is -2.17. The van der Waals surface area contributed by atoms with Gasteiger partial charge in [-0.2, -0.15) is 0 Å². The molecule has 3 nitrogen and oxygen atoms in total. The van der Waals surface area contributed by atoms with Gasteiger partial charge >= 0.3 is 6.03 Å². The van der Waals surface area contributed by atoms with Gasteiger partial charge in [0.15, 0.2) is 0 Å². The van der Waals surface area contributed by atoms with E-state index in [0.717, 1.165) is 38.1 Å². The summed E-state index contributed by atoms with van der Waals surface area (Å²) in [6, 6.07) is 11.1. The molecule has 0 bridgehead atoms. The molecular formula is C15H20N2OS. The van der Waals surface area contributed by atoms with Gasteiger partial charge in [-0.25, -0.2) is 4.79 Å². The van der Waals surface area contributed by atoms with Crippen LogP contribution in [0, 0.1) is 5.92 Å². The Bertz CT molecular complexity index is 433. The summed E-state index contributed by atoms with van der Waals surface area (Å²) in [5.74, 6) is 1.74. The van der Waals surface area contributed by atoms with E-state index < -0.39 is 0 Å². The first-order valence-corrected chi connectivity index (χ1v) is 8.03. The van der Waals surface area contributed by atoms with Gasteiger partial charge in [0.1, 0.15) is 0 Å². The van der Waals surface area contributed by atoms with Crippen molar-refractivity contribution < 1.29 is 4.79 Å². The molecule has 1 heterocycles. The molecule has 4 heteroatoms. The van der Waals surface area contributed by atoms with Crippen LogP contribution in [0.3, 0.4) is 0 Å². The van der Waals surface area contributed by atoms with Crippen LogP contribution in [0.15, 0.2) is 35.2 Å². The Kier molecular flexibility index (Phi) is 3.97. The monoisotopic (exact) mass is 276 g/mol. The number of urea groups is 1. The second-order valence-electron chi connectivity index (χ2n) is 5.45. The Morgan fingerprint density at radius 1 is 1.26 bits per heavy atom. The highest BCUT2D eigenvalue weighted by molar-refractivity contribution is 7.99.